The van der Waals surface area contributed by atoms with Gasteiger partial charge in [-0.25, -0.2) is 9.18 Å². The number of hydrogen-bond donors (Lipinski definition) is 0. The molecule has 0 aliphatic carbocycles. The first-order valence-corrected chi connectivity index (χ1v) is 10.6. The van der Waals surface area contributed by atoms with Gasteiger partial charge in [0.2, 0.25) is 0 Å². The Morgan fingerprint density at radius 1 is 1.03 bits per heavy atom. The highest BCUT2D eigenvalue weighted by Gasteiger charge is 2.19. The number of methoxy groups -OCH3 is 1. The average Bonchev–Trinajstić information content (AvgIpc) is 3.22. The zero-order valence-electron chi connectivity index (χ0n) is 17.1. The fraction of sp³-hybridized carbons (Fsp3) is 0.125. The third-order valence-corrected chi connectivity index (χ3v) is 5.76. The Morgan fingerprint density at radius 2 is 1.81 bits per heavy atom. The number of aromatic nitrogens is 3. The van der Waals surface area contributed by atoms with Crippen molar-refractivity contribution in [2.75, 3.05) is 7.11 Å². The maximum Gasteiger partial charge on any atom is 0.337 e. The number of carbonyl (C=O) groups excluding carboxylic acids is 1. The predicted octanol–water partition coefficient (Wildman–Crippen LogP) is 5.46. The molecule has 0 radical (unpaired) electrons. The zero-order valence-corrected chi connectivity index (χ0v) is 17.9. The van der Waals surface area contributed by atoms with Gasteiger partial charge in [0.15, 0.2) is 11.0 Å². The summed E-state index contributed by atoms with van der Waals surface area (Å²) < 4.78 is 21.2. The van der Waals surface area contributed by atoms with E-state index in [-0.39, 0.29) is 11.8 Å². The summed E-state index contributed by atoms with van der Waals surface area (Å²) in [7, 11) is 1.36. The summed E-state index contributed by atoms with van der Waals surface area (Å²) in [6.07, 6.45) is 0. The largest absolute Gasteiger partial charge is 0.465 e. The van der Waals surface area contributed by atoms with E-state index in [1.807, 2.05) is 47.9 Å². The Morgan fingerprint density at radius 3 is 2.55 bits per heavy atom. The first-order chi connectivity index (χ1) is 15.1. The average molecular weight is 434 g/mol. The lowest BCUT2D eigenvalue weighted by Gasteiger charge is -2.11. The van der Waals surface area contributed by atoms with Gasteiger partial charge in [0.05, 0.1) is 18.2 Å². The van der Waals surface area contributed by atoms with Crippen LogP contribution < -0.4 is 0 Å². The van der Waals surface area contributed by atoms with E-state index in [4.69, 9.17) is 4.74 Å². The molecule has 156 valence electrons. The molecule has 3 aromatic carbocycles. The second-order valence-electron chi connectivity index (χ2n) is 6.94. The van der Waals surface area contributed by atoms with Crippen LogP contribution in [0, 0.1) is 12.7 Å². The Hall–Kier alpha value is -3.45. The highest BCUT2D eigenvalue weighted by Crippen LogP contribution is 2.31. The van der Waals surface area contributed by atoms with Gasteiger partial charge >= 0.3 is 5.97 Å². The number of carbonyl (C=O) groups is 1. The Kier molecular flexibility index (Phi) is 6.13. The van der Waals surface area contributed by atoms with Crippen molar-refractivity contribution in [3.05, 3.63) is 95.3 Å². The van der Waals surface area contributed by atoms with E-state index in [0.717, 1.165) is 16.8 Å². The monoisotopic (exact) mass is 433 g/mol. The lowest BCUT2D eigenvalue weighted by atomic mass is 10.1. The fourth-order valence-electron chi connectivity index (χ4n) is 3.16. The Bertz CT molecular complexity index is 1220. The summed E-state index contributed by atoms with van der Waals surface area (Å²) in [5.74, 6) is 0.265. The quantitative estimate of drug-likeness (QED) is 0.298. The summed E-state index contributed by atoms with van der Waals surface area (Å²) in [4.78, 5) is 11.8. The fourth-order valence-corrected chi connectivity index (χ4v) is 4.06. The molecule has 0 spiro atoms. The normalized spacial score (nSPS) is 10.8. The van der Waals surface area contributed by atoms with Crippen molar-refractivity contribution in [2.45, 2.75) is 17.8 Å². The van der Waals surface area contributed by atoms with Crippen LogP contribution in [0.1, 0.15) is 21.5 Å². The van der Waals surface area contributed by atoms with Gasteiger partial charge in [-0.15, -0.1) is 10.2 Å². The molecule has 0 amide bonds. The number of esters is 1. The molecule has 0 fully saturated rings. The number of thioether (sulfide) groups is 1. The molecule has 0 N–H and O–H groups in total. The molecule has 0 unspecified atom stereocenters. The van der Waals surface area contributed by atoms with Crippen LogP contribution in [0.4, 0.5) is 4.39 Å². The van der Waals surface area contributed by atoms with E-state index in [2.05, 4.69) is 10.2 Å². The first kappa shape index (κ1) is 20.8. The number of halogens is 1. The minimum atomic E-state index is -0.378. The summed E-state index contributed by atoms with van der Waals surface area (Å²) in [5.41, 5.74) is 3.79. The maximum absolute atomic E-state index is 14.5. The van der Waals surface area contributed by atoms with E-state index >= 15 is 0 Å². The van der Waals surface area contributed by atoms with Gasteiger partial charge in [-0.1, -0.05) is 53.7 Å². The van der Waals surface area contributed by atoms with Gasteiger partial charge in [-0.3, -0.25) is 4.57 Å². The highest BCUT2D eigenvalue weighted by atomic mass is 32.2. The molecular formula is C24H20FN3O2S. The number of rotatable bonds is 6. The molecule has 0 aliphatic rings. The lowest BCUT2D eigenvalue weighted by Crippen LogP contribution is -2.02. The second kappa shape index (κ2) is 9.14. The van der Waals surface area contributed by atoms with Crippen LogP contribution >= 0.6 is 11.8 Å². The predicted molar refractivity (Wildman–Crippen MR) is 119 cm³/mol. The molecule has 1 heterocycles. The van der Waals surface area contributed by atoms with Crippen molar-refractivity contribution < 1.29 is 13.9 Å². The Balaban J connectivity index is 1.71. The van der Waals surface area contributed by atoms with Crippen LogP contribution in [-0.2, 0) is 10.5 Å². The molecule has 4 aromatic rings. The molecule has 31 heavy (non-hydrogen) atoms. The molecule has 4 rings (SSSR count). The standard InChI is InChI=1S/C24H20FN3O2S/c1-16-10-12-19(13-11-16)28-22(20-8-3-4-9-21(20)25)26-27-24(28)31-15-17-6-5-7-18(14-17)23(29)30-2/h3-14H,15H2,1-2H3. The van der Waals surface area contributed by atoms with E-state index in [1.165, 1.54) is 24.9 Å². The highest BCUT2D eigenvalue weighted by molar-refractivity contribution is 7.98. The van der Waals surface area contributed by atoms with Gasteiger partial charge < -0.3 is 4.74 Å². The van der Waals surface area contributed by atoms with Crippen molar-refractivity contribution >= 4 is 17.7 Å². The smallest absolute Gasteiger partial charge is 0.337 e. The van der Waals surface area contributed by atoms with Gasteiger partial charge in [0.1, 0.15) is 5.82 Å². The lowest BCUT2D eigenvalue weighted by molar-refractivity contribution is 0.0600. The second-order valence-corrected chi connectivity index (χ2v) is 7.88. The number of nitrogens with zero attached hydrogens (tertiary/aromatic N) is 3. The molecule has 0 bridgehead atoms. The van der Waals surface area contributed by atoms with Crippen LogP contribution in [0.15, 0.2) is 78.0 Å². The minimum Gasteiger partial charge on any atom is -0.465 e. The number of hydrogen-bond acceptors (Lipinski definition) is 5. The molecule has 0 aliphatic heterocycles. The van der Waals surface area contributed by atoms with Crippen LogP contribution in [-0.4, -0.2) is 27.8 Å². The van der Waals surface area contributed by atoms with Crippen LogP contribution in [0.3, 0.4) is 0 Å². The van der Waals surface area contributed by atoms with Gasteiger partial charge in [-0.05, 0) is 48.9 Å². The van der Waals surface area contributed by atoms with Crippen LogP contribution in [0.25, 0.3) is 17.1 Å². The van der Waals surface area contributed by atoms with E-state index in [9.17, 15) is 9.18 Å². The van der Waals surface area contributed by atoms with Gasteiger partial charge in [0.25, 0.3) is 0 Å². The molecule has 1 aromatic heterocycles. The maximum atomic E-state index is 14.5. The summed E-state index contributed by atoms with van der Waals surface area (Å²) >= 11 is 1.46. The third kappa shape index (κ3) is 4.51. The summed E-state index contributed by atoms with van der Waals surface area (Å²) in [6, 6.07) is 21.7. The summed E-state index contributed by atoms with van der Waals surface area (Å²) in [6.45, 7) is 2.01. The molecule has 0 saturated heterocycles. The summed E-state index contributed by atoms with van der Waals surface area (Å²) in [5, 5.41) is 9.26. The van der Waals surface area contributed by atoms with Crippen LogP contribution in [0.2, 0.25) is 0 Å². The first-order valence-electron chi connectivity index (χ1n) is 9.64. The number of aryl methyl sites for hydroxylation is 1. The van der Waals surface area contributed by atoms with Crippen LogP contribution in [0.5, 0.6) is 0 Å². The Labute approximate surface area is 183 Å². The van der Waals surface area contributed by atoms with Crippen molar-refractivity contribution in [1.29, 1.82) is 0 Å². The number of benzene rings is 3. The van der Waals surface area contributed by atoms with Gasteiger partial charge in [0, 0.05) is 11.4 Å². The van der Waals surface area contributed by atoms with E-state index < -0.39 is 0 Å². The topological polar surface area (TPSA) is 57.0 Å². The van der Waals surface area contributed by atoms with Crippen molar-refractivity contribution in [2.24, 2.45) is 0 Å². The third-order valence-electron chi connectivity index (χ3n) is 4.76. The number of ether oxygens (including phenoxy) is 1. The molecular weight excluding hydrogens is 413 g/mol. The molecule has 0 atom stereocenters. The SMILES string of the molecule is COC(=O)c1cccc(CSc2nnc(-c3ccccc3F)n2-c2ccc(C)cc2)c1. The van der Waals surface area contributed by atoms with E-state index in [1.54, 1.807) is 30.3 Å². The van der Waals surface area contributed by atoms with E-state index in [0.29, 0.717) is 27.9 Å². The molecule has 0 saturated carbocycles. The minimum absolute atomic E-state index is 0.356. The van der Waals surface area contributed by atoms with Gasteiger partial charge in [-0.2, -0.15) is 0 Å². The zero-order chi connectivity index (χ0) is 21.8. The molecule has 5 nitrogen and oxygen atoms in total. The van der Waals surface area contributed by atoms with Crippen molar-refractivity contribution in [3.8, 4) is 17.1 Å². The van der Waals surface area contributed by atoms with Crippen molar-refractivity contribution in [3.63, 3.8) is 0 Å². The van der Waals surface area contributed by atoms with Crippen molar-refractivity contribution in [1.82, 2.24) is 14.8 Å². The molecule has 7 heteroatoms.